The fourth-order valence-electron chi connectivity index (χ4n) is 1.78. The van der Waals surface area contributed by atoms with Crippen LogP contribution < -0.4 is 5.32 Å². The zero-order valence-corrected chi connectivity index (χ0v) is 8.80. The largest absolute Gasteiger partial charge is 0.471 e. The van der Waals surface area contributed by atoms with E-state index in [0.29, 0.717) is 17.7 Å². The number of rotatable bonds is 1. The molecule has 0 spiro atoms. The van der Waals surface area contributed by atoms with E-state index in [9.17, 15) is 22.8 Å². The molecule has 1 unspecified atom stereocenters. The summed E-state index contributed by atoms with van der Waals surface area (Å²) in [6.07, 6.45) is -3.49. The van der Waals surface area contributed by atoms with Crippen LogP contribution in [0.1, 0.15) is 19.3 Å². The van der Waals surface area contributed by atoms with Crippen LogP contribution in [0.2, 0.25) is 0 Å². The normalized spacial score (nSPS) is 21.8. The van der Waals surface area contributed by atoms with Crippen molar-refractivity contribution in [1.29, 1.82) is 0 Å². The summed E-state index contributed by atoms with van der Waals surface area (Å²) in [5.41, 5.74) is 0. The van der Waals surface area contributed by atoms with Gasteiger partial charge >= 0.3 is 12.1 Å². The van der Waals surface area contributed by atoms with Crippen LogP contribution >= 0.6 is 0 Å². The minimum absolute atomic E-state index is 0.0174. The summed E-state index contributed by atoms with van der Waals surface area (Å²) in [5.74, 6) is -2.47. The smallest absolute Gasteiger partial charge is 0.357 e. The highest BCUT2D eigenvalue weighted by molar-refractivity contribution is 5.89. The highest BCUT2D eigenvalue weighted by Crippen LogP contribution is 2.25. The summed E-state index contributed by atoms with van der Waals surface area (Å²) in [6.45, 7) is -0.0174. The molecule has 2 amide bonds. The number of carbonyl (C=O) groups is 2. The summed E-state index contributed by atoms with van der Waals surface area (Å²) >= 11 is 0. The molecule has 1 atom stereocenters. The molecule has 92 valence electrons. The van der Waals surface area contributed by atoms with Gasteiger partial charge in [0, 0.05) is 13.6 Å². The summed E-state index contributed by atoms with van der Waals surface area (Å²) in [5, 5.41) is 2.27. The van der Waals surface area contributed by atoms with Gasteiger partial charge in [-0.05, 0) is 19.3 Å². The van der Waals surface area contributed by atoms with Gasteiger partial charge in [0.15, 0.2) is 0 Å². The quantitative estimate of drug-likeness (QED) is 0.730. The van der Waals surface area contributed by atoms with E-state index in [-0.39, 0.29) is 13.0 Å². The van der Waals surface area contributed by atoms with Crippen LogP contribution in [0.3, 0.4) is 0 Å². The molecule has 16 heavy (non-hydrogen) atoms. The molecule has 0 aliphatic carbocycles. The Balaban J connectivity index is 2.82. The van der Waals surface area contributed by atoms with Gasteiger partial charge in [0.05, 0.1) is 0 Å². The van der Waals surface area contributed by atoms with Crippen molar-refractivity contribution in [3.8, 4) is 0 Å². The van der Waals surface area contributed by atoms with E-state index in [1.807, 2.05) is 0 Å². The molecule has 0 radical (unpaired) electrons. The lowest BCUT2D eigenvalue weighted by Gasteiger charge is -2.34. The van der Waals surface area contributed by atoms with Gasteiger partial charge in [0.1, 0.15) is 6.04 Å². The Morgan fingerprint density at radius 2 is 1.94 bits per heavy atom. The number of carbonyl (C=O) groups excluding carboxylic acids is 2. The van der Waals surface area contributed by atoms with Gasteiger partial charge in [-0.15, -0.1) is 0 Å². The number of alkyl halides is 3. The Bertz CT molecular complexity index is 291. The fourth-order valence-corrected chi connectivity index (χ4v) is 1.78. The van der Waals surface area contributed by atoms with Crippen molar-refractivity contribution in [3.63, 3.8) is 0 Å². The first-order valence-corrected chi connectivity index (χ1v) is 4.97. The SMILES string of the molecule is CNC(=O)C1CCCCN1C(=O)C(F)(F)F. The van der Waals surface area contributed by atoms with E-state index in [2.05, 4.69) is 5.32 Å². The van der Waals surface area contributed by atoms with Gasteiger partial charge in [0.25, 0.3) is 0 Å². The van der Waals surface area contributed by atoms with Gasteiger partial charge in [0.2, 0.25) is 5.91 Å². The molecule has 0 aromatic rings. The predicted octanol–water partition coefficient (Wildman–Crippen LogP) is 0.676. The molecule has 0 bridgehead atoms. The maximum absolute atomic E-state index is 12.3. The third-order valence-corrected chi connectivity index (χ3v) is 2.56. The lowest BCUT2D eigenvalue weighted by molar-refractivity contribution is -0.189. The van der Waals surface area contributed by atoms with Crippen molar-refractivity contribution in [2.45, 2.75) is 31.5 Å². The monoisotopic (exact) mass is 238 g/mol. The minimum Gasteiger partial charge on any atom is -0.357 e. The van der Waals surface area contributed by atoms with Crippen LogP contribution in [0.5, 0.6) is 0 Å². The molecular formula is C9H13F3N2O2. The number of likely N-dealkylation sites (N-methyl/N-ethyl adjacent to an activating group) is 1. The number of likely N-dealkylation sites (tertiary alicyclic amines) is 1. The topological polar surface area (TPSA) is 49.4 Å². The van der Waals surface area contributed by atoms with Crippen LogP contribution in [-0.2, 0) is 9.59 Å². The van der Waals surface area contributed by atoms with Crippen LogP contribution in [-0.4, -0.2) is 42.5 Å². The molecule has 0 saturated carbocycles. The van der Waals surface area contributed by atoms with Gasteiger partial charge in [-0.1, -0.05) is 0 Å². The van der Waals surface area contributed by atoms with E-state index in [4.69, 9.17) is 0 Å². The molecule has 1 saturated heterocycles. The van der Waals surface area contributed by atoms with Crippen molar-refractivity contribution in [3.05, 3.63) is 0 Å². The number of nitrogens with zero attached hydrogens (tertiary/aromatic N) is 1. The van der Waals surface area contributed by atoms with E-state index >= 15 is 0 Å². The van der Waals surface area contributed by atoms with Crippen molar-refractivity contribution in [1.82, 2.24) is 10.2 Å². The number of halogens is 3. The summed E-state index contributed by atoms with van der Waals surface area (Å²) in [6, 6.07) is -0.993. The molecule has 0 aromatic carbocycles. The first kappa shape index (κ1) is 12.8. The highest BCUT2D eigenvalue weighted by atomic mass is 19.4. The molecule has 7 heteroatoms. The van der Waals surface area contributed by atoms with Gasteiger partial charge < -0.3 is 10.2 Å². The third kappa shape index (κ3) is 2.65. The van der Waals surface area contributed by atoms with E-state index < -0.39 is 24.0 Å². The zero-order valence-electron chi connectivity index (χ0n) is 8.80. The third-order valence-electron chi connectivity index (χ3n) is 2.56. The Kier molecular flexibility index (Phi) is 3.77. The summed E-state index contributed by atoms with van der Waals surface area (Å²) in [4.78, 5) is 23.0. The number of hydrogen-bond donors (Lipinski definition) is 1. The maximum atomic E-state index is 12.3. The van der Waals surface area contributed by atoms with E-state index in [0.717, 1.165) is 0 Å². The zero-order chi connectivity index (χ0) is 12.3. The lowest BCUT2D eigenvalue weighted by atomic mass is 10.0. The van der Waals surface area contributed by atoms with Crippen LogP contribution in [0.15, 0.2) is 0 Å². The van der Waals surface area contributed by atoms with Crippen molar-refractivity contribution < 1.29 is 22.8 Å². The fraction of sp³-hybridized carbons (Fsp3) is 0.778. The van der Waals surface area contributed by atoms with Gasteiger partial charge in [-0.25, -0.2) is 0 Å². The average Bonchev–Trinajstić information content (AvgIpc) is 2.25. The molecular weight excluding hydrogens is 225 g/mol. The maximum Gasteiger partial charge on any atom is 0.471 e. The second-order valence-corrected chi connectivity index (χ2v) is 3.62. The van der Waals surface area contributed by atoms with E-state index in [1.54, 1.807) is 0 Å². The first-order chi connectivity index (χ1) is 7.38. The number of nitrogens with one attached hydrogen (secondary N) is 1. The number of hydrogen-bond acceptors (Lipinski definition) is 2. The molecule has 1 N–H and O–H groups in total. The first-order valence-electron chi connectivity index (χ1n) is 4.97. The van der Waals surface area contributed by atoms with Crippen molar-refractivity contribution in [2.24, 2.45) is 0 Å². The Hall–Kier alpha value is -1.27. The molecule has 0 aromatic heterocycles. The van der Waals surface area contributed by atoms with Crippen molar-refractivity contribution in [2.75, 3.05) is 13.6 Å². The van der Waals surface area contributed by atoms with Crippen LogP contribution in [0, 0.1) is 0 Å². The van der Waals surface area contributed by atoms with E-state index in [1.165, 1.54) is 7.05 Å². The summed E-state index contributed by atoms with van der Waals surface area (Å²) in [7, 11) is 1.34. The standard InChI is InChI=1S/C9H13F3N2O2/c1-13-7(15)6-4-2-3-5-14(6)8(16)9(10,11)12/h6H,2-5H2,1H3,(H,13,15). The highest BCUT2D eigenvalue weighted by Gasteiger charge is 2.46. The van der Waals surface area contributed by atoms with Gasteiger partial charge in [-0.2, -0.15) is 13.2 Å². The molecule has 1 aliphatic heterocycles. The molecule has 4 nitrogen and oxygen atoms in total. The molecule has 1 heterocycles. The number of amides is 2. The second-order valence-electron chi connectivity index (χ2n) is 3.62. The number of piperidine rings is 1. The van der Waals surface area contributed by atoms with Crippen molar-refractivity contribution >= 4 is 11.8 Å². The molecule has 1 rings (SSSR count). The minimum atomic E-state index is -4.91. The van der Waals surface area contributed by atoms with Gasteiger partial charge in [-0.3, -0.25) is 9.59 Å². The Labute approximate surface area is 90.8 Å². The Morgan fingerprint density at radius 1 is 1.31 bits per heavy atom. The molecule has 1 aliphatic rings. The predicted molar refractivity (Wildman–Crippen MR) is 49.5 cm³/mol. The average molecular weight is 238 g/mol. The molecule has 1 fully saturated rings. The second kappa shape index (κ2) is 4.71. The van der Waals surface area contributed by atoms with Crippen LogP contribution in [0.25, 0.3) is 0 Å². The Morgan fingerprint density at radius 3 is 2.44 bits per heavy atom. The lowest BCUT2D eigenvalue weighted by Crippen LogP contribution is -2.54. The summed E-state index contributed by atoms with van der Waals surface area (Å²) < 4.78 is 36.8. The van der Waals surface area contributed by atoms with Crippen LogP contribution in [0.4, 0.5) is 13.2 Å².